The van der Waals surface area contributed by atoms with Crippen molar-refractivity contribution >= 4 is 17.5 Å². The fourth-order valence-electron chi connectivity index (χ4n) is 3.76. The van der Waals surface area contributed by atoms with Gasteiger partial charge in [0.25, 0.3) is 5.91 Å². The summed E-state index contributed by atoms with van der Waals surface area (Å²) in [6.07, 6.45) is 5.22. The Morgan fingerprint density at radius 1 is 1.25 bits per heavy atom. The molecule has 0 unspecified atom stereocenters. The zero-order valence-corrected chi connectivity index (χ0v) is 17.9. The SMILES string of the molecule is CC1CCN(CCCNC(=O)c2cnn(-c3ccc(Cl)cc3)c2C(C)C)CC1. The van der Waals surface area contributed by atoms with Crippen LogP contribution in [0.2, 0.25) is 5.02 Å². The van der Waals surface area contributed by atoms with Gasteiger partial charge in [0, 0.05) is 11.6 Å². The van der Waals surface area contributed by atoms with Gasteiger partial charge in [0.05, 0.1) is 23.1 Å². The normalized spacial score (nSPS) is 15.9. The first kappa shape index (κ1) is 20.9. The average Bonchev–Trinajstić information content (AvgIpc) is 3.12. The molecule has 1 saturated heterocycles. The Balaban J connectivity index is 1.59. The van der Waals surface area contributed by atoms with Gasteiger partial charge in [-0.15, -0.1) is 0 Å². The van der Waals surface area contributed by atoms with E-state index in [-0.39, 0.29) is 11.8 Å². The van der Waals surface area contributed by atoms with Gasteiger partial charge in [0.1, 0.15) is 0 Å². The summed E-state index contributed by atoms with van der Waals surface area (Å²) in [4.78, 5) is 15.3. The molecule has 0 spiro atoms. The van der Waals surface area contributed by atoms with Crippen molar-refractivity contribution < 1.29 is 4.79 Å². The lowest BCUT2D eigenvalue weighted by Gasteiger charge is -2.30. The summed E-state index contributed by atoms with van der Waals surface area (Å²) in [5, 5.41) is 8.23. The summed E-state index contributed by atoms with van der Waals surface area (Å²) in [7, 11) is 0. The number of amides is 1. The van der Waals surface area contributed by atoms with Gasteiger partial charge < -0.3 is 10.2 Å². The minimum atomic E-state index is -0.0452. The number of carbonyl (C=O) groups is 1. The van der Waals surface area contributed by atoms with E-state index in [1.54, 1.807) is 6.20 Å². The molecule has 3 rings (SSSR count). The first-order valence-corrected chi connectivity index (χ1v) is 10.7. The molecule has 6 heteroatoms. The third-order valence-electron chi connectivity index (χ3n) is 5.48. The van der Waals surface area contributed by atoms with Crippen molar-refractivity contribution in [2.75, 3.05) is 26.2 Å². The lowest BCUT2D eigenvalue weighted by atomic mass is 9.99. The van der Waals surface area contributed by atoms with E-state index in [0.29, 0.717) is 17.1 Å². The summed E-state index contributed by atoms with van der Waals surface area (Å²) in [6, 6.07) is 7.51. The van der Waals surface area contributed by atoms with Crippen molar-refractivity contribution in [2.45, 2.75) is 46.0 Å². The number of benzene rings is 1. The van der Waals surface area contributed by atoms with Gasteiger partial charge in [-0.2, -0.15) is 5.10 Å². The van der Waals surface area contributed by atoms with Gasteiger partial charge in [-0.05, 0) is 75.0 Å². The molecule has 152 valence electrons. The third kappa shape index (κ3) is 5.15. The smallest absolute Gasteiger partial charge is 0.254 e. The molecule has 0 atom stereocenters. The van der Waals surface area contributed by atoms with Crippen LogP contribution in [0.25, 0.3) is 5.69 Å². The van der Waals surface area contributed by atoms with E-state index in [1.807, 2.05) is 28.9 Å². The Kier molecular flexibility index (Phi) is 7.13. The summed E-state index contributed by atoms with van der Waals surface area (Å²) in [5.41, 5.74) is 2.48. The monoisotopic (exact) mass is 402 g/mol. The van der Waals surface area contributed by atoms with E-state index in [1.165, 1.54) is 25.9 Å². The van der Waals surface area contributed by atoms with Gasteiger partial charge >= 0.3 is 0 Å². The summed E-state index contributed by atoms with van der Waals surface area (Å²) < 4.78 is 1.84. The molecule has 28 heavy (non-hydrogen) atoms. The number of carbonyl (C=O) groups excluding carboxylic acids is 1. The molecule has 0 aliphatic carbocycles. The quantitative estimate of drug-likeness (QED) is 0.693. The second-order valence-electron chi connectivity index (χ2n) is 8.12. The molecule has 0 radical (unpaired) electrons. The predicted octanol–water partition coefficient (Wildman–Crippen LogP) is 4.50. The van der Waals surface area contributed by atoms with Crippen molar-refractivity contribution in [3.8, 4) is 5.69 Å². The van der Waals surface area contributed by atoms with Crippen LogP contribution in [0, 0.1) is 5.92 Å². The molecule has 1 aromatic carbocycles. The number of nitrogens with one attached hydrogen (secondary N) is 1. The number of nitrogens with zero attached hydrogens (tertiary/aromatic N) is 3. The number of hydrogen-bond acceptors (Lipinski definition) is 3. The number of likely N-dealkylation sites (tertiary alicyclic amines) is 1. The highest BCUT2D eigenvalue weighted by atomic mass is 35.5. The minimum Gasteiger partial charge on any atom is -0.352 e. The zero-order valence-electron chi connectivity index (χ0n) is 17.1. The second-order valence-corrected chi connectivity index (χ2v) is 8.56. The van der Waals surface area contributed by atoms with Crippen LogP contribution in [0.15, 0.2) is 30.5 Å². The second kappa shape index (κ2) is 9.57. The highest BCUT2D eigenvalue weighted by molar-refractivity contribution is 6.30. The van der Waals surface area contributed by atoms with Crippen molar-refractivity contribution in [2.24, 2.45) is 5.92 Å². The van der Waals surface area contributed by atoms with E-state index in [9.17, 15) is 4.79 Å². The molecular weight excluding hydrogens is 372 g/mol. The Morgan fingerprint density at radius 3 is 2.57 bits per heavy atom. The van der Waals surface area contributed by atoms with E-state index >= 15 is 0 Å². The molecular formula is C22H31ClN4O. The summed E-state index contributed by atoms with van der Waals surface area (Å²) >= 11 is 5.99. The van der Waals surface area contributed by atoms with Crippen LogP contribution < -0.4 is 5.32 Å². The number of halogens is 1. The van der Waals surface area contributed by atoms with Crippen molar-refractivity contribution in [3.63, 3.8) is 0 Å². The maximum Gasteiger partial charge on any atom is 0.254 e. The molecule has 5 nitrogen and oxygen atoms in total. The molecule has 1 fully saturated rings. The van der Waals surface area contributed by atoms with Crippen molar-refractivity contribution in [1.82, 2.24) is 20.0 Å². The predicted molar refractivity (Wildman–Crippen MR) is 114 cm³/mol. The van der Waals surface area contributed by atoms with Gasteiger partial charge in [0.15, 0.2) is 0 Å². The van der Waals surface area contributed by atoms with Gasteiger partial charge in [-0.25, -0.2) is 4.68 Å². The molecule has 0 saturated carbocycles. The van der Waals surface area contributed by atoms with Crippen molar-refractivity contribution in [3.05, 3.63) is 46.7 Å². The van der Waals surface area contributed by atoms with E-state index in [4.69, 9.17) is 11.6 Å². The highest BCUT2D eigenvalue weighted by Crippen LogP contribution is 2.24. The molecule has 0 bridgehead atoms. The summed E-state index contributed by atoms with van der Waals surface area (Å²) in [6.45, 7) is 10.6. The standard InChI is InChI=1S/C22H31ClN4O/c1-16(2)21-20(15-25-27(21)19-7-5-18(23)6-8-19)22(28)24-11-4-12-26-13-9-17(3)10-14-26/h5-8,15-17H,4,9-14H2,1-3H3,(H,24,28). The number of aromatic nitrogens is 2. The minimum absolute atomic E-state index is 0.0452. The third-order valence-corrected chi connectivity index (χ3v) is 5.73. The Bertz CT molecular complexity index is 776. The lowest BCUT2D eigenvalue weighted by Crippen LogP contribution is -2.35. The average molecular weight is 403 g/mol. The van der Waals surface area contributed by atoms with E-state index < -0.39 is 0 Å². The Labute approximate surface area is 173 Å². The highest BCUT2D eigenvalue weighted by Gasteiger charge is 2.21. The van der Waals surface area contributed by atoms with Crippen LogP contribution in [-0.4, -0.2) is 46.8 Å². The lowest BCUT2D eigenvalue weighted by molar-refractivity contribution is 0.0949. The topological polar surface area (TPSA) is 50.2 Å². The van der Waals surface area contributed by atoms with Crippen LogP contribution in [0.4, 0.5) is 0 Å². The van der Waals surface area contributed by atoms with Gasteiger partial charge in [-0.3, -0.25) is 4.79 Å². The van der Waals surface area contributed by atoms with Gasteiger partial charge in [0.2, 0.25) is 0 Å². The first-order chi connectivity index (χ1) is 13.5. The summed E-state index contributed by atoms with van der Waals surface area (Å²) in [5.74, 6) is 0.980. The maximum atomic E-state index is 12.8. The zero-order chi connectivity index (χ0) is 20.1. The van der Waals surface area contributed by atoms with Crippen molar-refractivity contribution in [1.29, 1.82) is 0 Å². The first-order valence-electron chi connectivity index (χ1n) is 10.3. The number of hydrogen-bond donors (Lipinski definition) is 1. The van der Waals surface area contributed by atoms with Crippen LogP contribution in [0.1, 0.15) is 62.0 Å². The van der Waals surface area contributed by atoms with Gasteiger partial charge in [-0.1, -0.05) is 32.4 Å². The molecule has 1 aliphatic heterocycles. The van der Waals surface area contributed by atoms with Crippen LogP contribution in [-0.2, 0) is 0 Å². The Hall–Kier alpha value is -1.85. The number of piperidine rings is 1. The number of rotatable bonds is 7. The molecule has 1 aliphatic rings. The Morgan fingerprint density at radius 2 is 1.93 bits per heavy atom. The van der Waals surface area contributed by atoms with E-state index in [0.717, 1.165) is 30.3 Å². The fourth-order valence-corrected chi connectivity index (χ4v) is 3.89. The van der Waals surface area contributed by atoms with Crippen LogP contribution in [0.3, 0.4) is 0 Å². The molecule has 1 amide bonds. The van der Waals surface area contributed by atoms with E-state index in [2.05, 4.69) is 36.1 Å². The molecule has 1 aromatic heterocycles. The fraction of sp³-hybridized carbons (Fsp3) is 0.545. The molecule has 1 N–H and O–H groups in total. The molecule has 2 aromatic rings. The largest absolute Gasteiger partial charge is 0.352 e. The van der Waals surface area contributed by atoms with Crippen LogP contribution in [0.5, 0.6) is 0 Å². The maximum absolute atomic E-state index is 12.8. The molecule has 2 heterocycles. The van der Waals surface area contributed by atoms with Crippen LogP contribution >= 0.6 is 11.6 Å².